The van der Waals surface area contributed by atoms with Crippen LogP contribution in [0, 0.1) is 11.8 Å². The van der Waals surface area contributed by atoms with Gasteiger partial charge in [-0.3, -0.25) is 4.79 Å². The van der Waals surface area contributed by atoms with Crippen molar-refractivity contribution in [3.8, 4) is 0 Å². The molecule has 0 bridgehead atoms. The Hall–Kier alpha value is -0.570. The van der Waals surface area contributed by atoms with Crippen LogP contribution >= 0.6 is 0 Å². The Labute approximate surface area is 106 Å². The molecule has 17 heavy (non-hydrogen) atoms. The fourth-order valence-electron chi connectivity index (χ4n) is 2.80. The molecule has 0 aromatic heterocycles. The van der Waals surface area contributed by atoms with Crippen molar-refractivity contribution in [2.24, 2.45) is 17.6 Å². The second kappa shape index (κ2) is 7.70. The summed E-state index contributed by atoms with van der Waals surface area (Å²) in [6.07, 6.45) is 8.45. The minimum absolute atomic E-state index is 0.00559. The highest BCUT2D eigenvalue weighted by molar-refractivity contribution is 5.79. The third-order valence-electron chi connectivity index (χ3n) is 4.02. The summed E-state index contributed by atoms with van der Waals surface area (Å²) in [7, 11) is 0. The summed E-state index contributed by atoms with van der Waals surface area (Å²) in [4.78, 5) is 12.0. The second-order valence-corrected chi connectivity index (χ2v) is 5.42. The number of hydrogen-bond donors (Lipinski definition) is 2. The molecule has 3 heteroatoms. The number of amides is 1. The van der Waals surface area contributed by atoms with Gasteiger partial charge in [0.15, 0.2) is 0 Å². The molecular weight excluding hydrogens is 212 g/mol. The minimum Gasteiger partial charge on any atom is -0.353 e. The molecule has 2 unspecified atom stereocenters. The van der Waals surface area contributed by atoms with Crippen LogP contribution in [-0.2, 0) is 4.79 Å². The van der Waals surface area contributed by atoms with E-state index >= 15 is 0 Å². The van der Waals surface area contributed by atoms with Crippen molar-refractivity contribution in [1.82, 2.24) is 5.32 Å². The number of carbonyl (C=O) groups is 1. The topological polar surface area (TPSA) is 55.1 Å². The highest BCUT2D eigenvalue weighted by Gasteiger charge is 2.24. The maximum Gasteiger partial charge on any atom is 0.224 e. The van der Waals surface area contributed by atoms with Gasteiger partial charge >= 0.3 is 0 Å². The molecule has 0 aliphatic heterocycles. The lowest BCUT2D eigenvalue weighted by Crippen LogP contribution is -2.43. The molecule has 0 heterocycles. The van der Waals surface area contributed by atoms with E-state index in [4.69, 9.17) is 5.73 Å². The van der Waals surface area contributed by atoms with Gasteiger partial charge in [0.05, 0.1) is 5.92 Å². The first-order chi connectivity index (χ1) is 8.19. The number of rotatable bonds is 6. The molecule has 2 atom stereocenters. The molecule has 3 nitrogen and oxygen atoms in total. The number of hydrogen-bond acceptors (Lipinski definition) is 2. The summed E-state index contributed by atoms with van der Waals surface area (Å²) >= 11 is 0. The molecule has 1 fully saturated rings. The summed E-state index contributed by atoms with van der Waals surface area (Å²) in [5.41, 5.74) is 5.65. The summed E-state index contributed by atoms with van der Waals surface area (Å²) < 4.78 is 0. The molecule has 0 radical (unpaired) electrons. The van der Waals surface area contributed by atoms with Crippen LogP contribution in [0.4, 0.5) is 0 Å². The molecule has 1 aliphatic rings. The Morgan fingerprint density at radius 2 is 2.00 bits per heavy atom. The first kappa shape index (κ1) is 14.5. The zero-order chi connectivity index (χ0) is 12.7. The van der Waals surface area contributed by atoms with Gasteiger partial charge in [0.1, 0.15) is 0 Å². The lowest BCUT2D eigenvalue weighted by molar-refractivity contribution is -0.126. The minimum atomic E-state index is 0.00559. The molecule has 0 spiro atoms. The van der Waals surface area contributed by atoms with Crippen molar-refractivity contribution in [3.05, 3.63) is 0 Å². The maximum absolute atomic E-state index is 12.0. The van der Waals surface area contributed by atoms with E-state index in [9.17, 15) is 4.79 Å². The lowest BCUT2D eigenvalue weighted by atomic mass is 9.84. The van der Waals surface area contributed by atoms with E-state index in [0.717, 1.165) is 12.8 Å². The Morgan fingerprint density at radius 1 is 1.35 bits per heavy atom. The van der Waals surface area contributed by atoms with Crippen molar-refractivity contribution in [1.29, 1.82) is 0 Å². The fourth-order valence-corrected chi connectivity index (χ4v) is 2.80. The van der Waals surface area contributed by atoms with Crippen LogP contribution in [-0.4, -0.2) is 18.5 Å². The van der Waals surface area contributed by atoms with Crippen LogP contribution < -0.4 is 11.1 Å². The van der Waals surface area contributed by atoms with E-state index in [1.54, 1.807) is 0 Å². The summed E-state index contributed by atoms with van der Waals surface area (Å²) in [5, 5.41) is 3.17. The Bertz CT molecular complexity index is 224. The van der Waals surface area contributed by atoms with Crippen LogP contribution in [0.3, 0.4) is 0 Å². The van der Waals surface area contributed by atoms with Crippen LogP contribution in [0.15, 0.2) is 0 Å². The second-order valence-electron chi connectivity index (χ2n) is 5.42. The van der Waals surface area contributed by atoms with E-state index in [2.05, 4.69) is 19.2 Å². The molecule has 0 aromatic carbocycles. The average molecular weight is 240 g/mol. The van der Waals surface area contributed by atoms with Crippen molar-refractivity contribution >= 4 is 5.91 Å². The molecule has 1 amide bonds. The average Bonchev–Trinajstić information content (AvgIpc) is 2.36. The van der Waals surface area contributed by atoms with Gasteiger partial charge in [-0.1, -0.05) is 32.6 Å². The quantitative estimate of drug-likeness (QED) is 0.749. The van der Waals surface area contributed by atoms with Gasteiger partial charge in [-0.2, -0.15) is 0 Å². The van der Waals surface area contributed by atoms with Gasteiger partial charge in [-0.15, -0.1) is 0 Å². The standard InChI is InChI=1S/C14H28N2O/c1-3-7-13(10-15)14(17)16-11(2)12-8-5-4-6-9-12/h11-13H,3-10,15H2,1-2H3,(H,16,17). The molecule has 1 saturated carbocycles. The first-order valence-electron chi connectivity index (χ1n) is 7.19. The molecule has 1 rings (SSSR count). The Balaban J connectivity index is 2.37. The largest absolute Gasteiger partial charge is 0.353 e. The zero-order valence-electron chi connectivity index (χ0n) is 11.4. The Kier molecular flexibility index (Phi) is 6.56. The van der Waals surface area contributed by atoms with Crippen LogP contribution in [0.2, 0.25) is 0 Å². The Morgan fingerprint density at radius 3 is 2.53 bits per heavy atom. The van der Waals surface area contributed by atoms with E-state index < -0.39 is 0 Å². The highest BCUT2D eigenvalue weighted by Crippen LogP contribution is 2.26. The molecule has 3 N–H and O–H groups in total. The SMILES string of the molecule is CCCC(CN)C(=O)NC(C)C1CCCCC1. The predicted molar refractivity (Wildman–Crippen MR) is 71.6 cm³/mol. The fraction of sp³-hybridized carbons (Fsp3) is 0.929. The van der Waals surface area contributed by atoms with Crippen LogP contribution in [0.5, 0.6) is 0 Å². The smallest absolute Gasteiger partial charge is 0.224 e. The van der Waals surface area contributed by atoms with Gasteiger partial charge in [0, 0.05) is 12.6 Å². The maximum atomic E-state index is 12.0. The van der Waals surface area contributed by atoms with E-state index in [0.29, 0.717) is 18.5 Å². The number of nitrogens with two attached hydrogens (primary N) is 1. The summed E-state index contributed by atoms with van der Waals surface area (Å²) in [6, 6.07) is 0.314. The predicted octanol–water partition coefficient (Wildman–Crippen LogP) is 2.45. The number of carbonyl (C=O) groups excluding carboxylic acids is 1. The van der Waals surface area contributed by atoms with Crippen molar-refractivity contribution in [2.45, 2.75) is 64.8 Å². The lowest BCUT2D eigenvalue weighted by Gasteiger charge is -2.29. The third kappa shape index (κ3) is 4.66. The van der Waals surface area contributed by atoms with Gasteiger partial charge < -0.3 is 11.1 Å². The van der Waals surface area contributed by atoms with E-state index in [-0.39, 0.29) is 11.8 Å². The van der Waals surface area contributed by atoms with Gasteiger partial charge in [0.2, 0.25) is 5.91 Å². The molecule has 100 valence electrons. The third-order valence-corrected chi connectivity index (χ3v) is 4.02. The highest BCUT2D eigenvalue weighted by atomic mass is 16.1. The summed E-state index contributed by atoms with van der Waals surface area (Å²) in [6.45, 7) is 4.71. The van der Waals surface area contributed by atoms with Crippen molar-refractivity contribution < 1.29 is 4.79 Å². The molecular formula is C14H28N2O. The molecule has 0 aromatic rings. The first-order valence-corrected chi connectivity index (χ1v) is 7.19. The van der Waals surface area contributed by atoms with Crippen LogP contribution in [0.25, 0.3) is 0 Å². The van der Waals surface area contributed by atoms with Crippen LogP contribution in [0.1, 0.15) is 58.8 Å². The van der Waals surface area contributed by atoms with E-state index in [1.807, 2.05) is 0 Å². The van der Waals surface area contributed by atoms with Gasteiger partial charge in [0.25, 0.3) is 0 Å². The molecule has 0 saturated heterocycles. The van der Waals surface area contributed by atoms with Gasteiger partial charge in [-0.25, -0.2) is 0 Å². The summed E-state index contributed by atoms with van der Waals surface area (Å²) in [5.74, 6) is 0.839. The van der Waals surface area contributed by atoms with E-state index in [1.165, 1.54) is 32.1 Å². The monoisotopic (exact) mass is 240 g/mol. The van der Waals surface area contributed by atoms with Gasteiger partial charge in [-0.05, 0) is 32.1 Å². The zero-order valence-corrected chi connectivity index (χ0v) is 11.4. The van der Waals surface area contributed by atoms with Crippen molar-refractivity contribution in [2.75, 3.05) is 6.54 Å². The van der Waals surface area contributed by atoms with Crippen molar-refractivity contribution in [3.63, 3.8) is 0 Å². The number of nitrogens with one attached hydrogen (secondary N) is 1. The molecule has 1 aliphatic carbocycles. The normalized spacial score (nSPS) is 20.9.